The minimum atomic E-state index is -0.775. The number of carbonyl (C=O) groups is 1. The number of H-pyrrole nitrogens is 1. The summed E-state index contributed by atoms with van der Waals surface area (Å²) in [6.45, 7) is 7.65. The Morgan fingerprint density at radius 2 is 2.00 bits per heavy atom. The van der Waals surface area contributed by atoms with E-state index < -0.39 is 4.75 Å². The lowest BCUT2D eigenvalue weighted by Gasteiger charge is -2.18. The lowest BCUT2D eigenvalue weighted by molar-refractivity contribution is -0.142. The second kappa shape index (κ2) is 5.49. The van der Waals surface area contributed by atoms with Gasteiger partial charge in [0, 0.05) is 5.39 Å². The van der Waals surface area contributed by atoms with Crippen LogP contribution < -0.4 is 0 Å². The molecule has 0 bridgehead atoms. The molecule has 3 rings (SSSR count). The van der Waals surface area contributed by atoms with Crippen molar-refractivity contribution in [2.75, 3.05) is 7.11 Å². The Morgan fingerprint density at radius 1 is 1.26 bits per heavy atom. The molecule has 1 aromatic carbocycles. The molecule has 0 aliphatic heterocycles. The van der Waals surface area contributed by atoms with Crippen molar-refractivity contribution in [1.29, 1.82) is 0 Å². The molecule has 0 fully saturated rings. The maximum atomic E-state index is 11.8. The monoisotopic (exact) mass is 330 g/mol. The van der Waals surface area contributed by atoms with Crippen molar-refractivity contribution in [3.63, 3.8) is 0 Å². The molecule has 0 saturated carbocycles. The summed E-state index contributed by atoms with van der Waals surface area (Å²) in [4.78, 5) is 19.6. The maximum Gasteiger partial charge on any atom is 0.321 e. The van der Waals surface area contributed by atoms with Crippen molar-refractivity contribution in [3.05, 3.63) is 23.3 Å². The van der Waals surface area contributed by atoms with Crippen LogP contribution in [0.5, 0.6) is 0 Å². The molecule has 2 aromatic heterocycles. The van der Waals surface area contributed by atoms with Crippen LogP contribution in [0.1, 0.15) is 25.0 Å². The van der Waals surface area contributed by atoms with E-state index in [9.17, 15) is 4.79 Å². The van der Waals surface area contributed by atoms with Gasteiger partial charge in [-0.2, -0.15) is 0 Å². The van der Waals surface area contributed by atoms with Gasteiger partial charge in [-0.05, 0) is 39.3 Å². The van der Waals surface area contributed by atoms with Gasteiger partial charge in [0.2, 0.25) is 5.16 Å². The predicted molar refractivity (Wildman–Crippen MR) is 90.6 cm³/mol. The number of nitrogens with zero attached hydrogens (tertiary/aromatic N) is 3. The Bertz CT molecular complexity index is 917. The second-order valence-corrected chi connectivity index (χ2v) is 7.61. The van der Waals surface area contributed by atoms with Gasteiger partial charge in [-0.15, -0.1) is 10.2 Å². The van der Waals surface area contributed by atoms with E-state index in [0.29, 0.717) is 10.8 Å². The number of carbonyl (C=O) groups excluding carboxylic acids is 1. The van der Waals surface area contributed by atoms with Gasteiger partial charge in [-0.25, -0.2) is 4.98 Å². The van der Waals surface area contributed by atoms with E-state index in [-0.39, 0.29) is 5.97 Å². The third kappa shape index (κ3) is 2.76. The number of hydrogen-bond acceptors (Lipinski definition) is 6. The molecule has 0 aliphatic rings. The standard InChI is InChI=1S/C16H18N4O2S/c1-8-6-9(2)11-10(7-8)12-13(17-11)18-15(20-19-12)23-16(3,4)14(21)22-5/h6-7H,1-5H3,(H,17,18,20). The molecule has 7 heteroatoms. The highest BCUT2D eigenvalue weighted by Gasteiger charge is 2.31. The smallest absolute Gasteiger partial charge is 0.321 e. The van der Waals surface area contributed by atoms with Crippen LogP contribution in [0.2, 0.25) is 0 Å². The van der Waals surface area contributed by atoms with Crippen LogP contribution in [0.3, 0.4) is 0 Å². The number of benzene rings is 1. The number of methoxy groups -OCH3 is 1. The number of fused-ring (bicyclic) bond motifs is 3. The van der Waals surface area contributed by atoms with E-state index in [1.165, 1.54) is 24.4 Å². The van der Waals surface area contributed by atoms with Crippen molar-refractivity contribution < 1.29 is 9.53 Å². The van der Waals surface area contributed by atoms with Crippen molar-refractivity contribution in [1.82, 2.24) is 20.2 Å². The van der Waals surface area contributed by atoms with E-state index in [2.05, 4.69) is 39.2 Å². The summed E-state index contributed by atoms with van der Waals surface area (Å²) in [5.41, 5.74) is 4.74. The number of hydrogen-bond donors (Lipinski definition) is 1. The van der Waals surface area contributed by atoms with Crippen LogP contribution in [0.4, 0.5) is 0 Å². The minimum absolute atomic E-state index is 0.325. The van der Waals surface area contributed by atoms with Crippen LogP contribution in [0.15, 0.2) is 17.3 Å². The number of aromatic amines is 1. The highest BCUT2D eigenvalue weighted by Crippen LogP contribution is 2.32. The molecule has 0 spiro atoms. The SMILES string of the molecule is COC(=O)C(C)(C)Sc1nnc2c(n1)[nH]c1c(C)cc(C)cc12. The fourth-order valence-corrected chi connectivity index (χ4v) is 3.42. The van der Waals surface area contributed by atoms with E-state index >= 15 is 0 Å². The average Bonchev–Trinajstić information content (AvgIpc) is 2.84. The Labute approximate surface area is 138 Å². The number of esters is 1. The summed E-state index contributed by atoms with van der Waals surface area (Å²) < 4.78 is 4.03. The lowest BCUT2D eigenvalue weighted by Crippen LogP contribution is -2.29. The van der Waals surface area contributed by atoms with Gasteiger partial charge in [-0.3, -0.25) is 4.79 Å². The Morgan fingerprint density at radius 3 is 2.70 bits per heavy atom. The van der Waals surface area contributed by atoms with Gasteiger partial charge in [0.05, 0.1) is 12.6 Å². The van der Waals surface area contributed by atoms with E-state index in [1.54, 1.807) is 13.8 Å². The predicted octanol–water partition coefficient (Wildman–Crippen LogP) is 3.17. The minimum Gasteiger partial charge on any atom is -0.468 e. The molecular formula is C16H18N4O2S. The lowest BCUT2D eigenvalue weighted by atomic mass is 10.1. The zero-order chi connectivity index (χ0) is 16.8. The highest BCUT2D eigenvalue weighted by atomic mass is 32.2. The fraction of sp³-hybridized carbons (Fsp3) is 0.375. The molecule has 0 unspecified atom stereocenters. The molecule has 120 valence electrons. The third-order valence-electron chi connectivity index (χ3n) is 3.67. The first kappa shape index (κ1) is 15.7. The van der Waals surface area contributed by atoms with Crippen molar-refractivity contribution in [3.8, 4) is 0 Å². The van der Waals surface area contributed by atoms with Gasteiger partial charge in [0.25, 0.3) is 0 Å². The number of rotatable bonds is 3. The Hall–Kier alpha value is -2.15. The maximum absolute atomic E-state index is 11.8. The molecule has 0 saturated heterocycles. The van der Waals surface area contributed by atoms with Crippen molar-refractivity contribution in [2.45, 2.75) is 37.6 Å². The molecule has 0 atom stereocenters. The van der Waals surface area contributed by atoms with Crippen LogP contribution >= 0.6 is 11.8 Å². The molecule has 6 nitrogen and oxygen atoms in total. The summed E-state index contributed by atoms with van der Waals surface area (Å²) in [6.07, 6.45) is 0. The Balaban J connectivity index is 2.08. The number of aryl methyl sites for hydroxylation is 2. The van der Waals surface area contributed by atoms with Gasteiger partial charge in [0.1, 0.15) is 10.3 Å². The normalized spacial score (nSPS) is 12.0. The summed E-state index contributed by atoms with van der Waals surface area (Å²) in [5, 5.41) is 9.92. The van der Waals surface area contributed by atoms with Crippen molar-refractivity contribution in [2.24, 2.45) is 0 Å². The average molecular weight is 330 g/mol. The number of thioether (sulfide) groups is 1. The first-order valence-corrected chi connectivity index (χ1v) is 8.04. The molecule has 0 amide bonds. The van der Waals surface area contributed by atoms with Crippen molar-refractivity contribution >= 4 is 39.8 Å². The van der Waals surface area contributed by atoms with E-state index in [0.717, 1.165) is 22.0 Å². The van der Waals surface area contributed by atoms with Gasteiger partial charge < -0.3 is 9.72 Å². The highest BCUT2D eigenvalue weighted by molar-refractivity contribution is 8.01. The first-order chi connectivity index (χ1) is 10.8. The second-order valence-electron chi connectivity index (χ2n) is 6.02. The van der Waals surface area contributed by atoms with Gasteiger partial charge >= 0.3 is 5.97 Å². The topological polar surface area (TPSA) is 80.8 Å². The van der Waals surface area contributed by atoms with Crippen LogP contribution in [-0.2, 0) is 9.53 Å². The largest absolute Gasteiger partial charge is 0.468 e. The van der Waals surface area contributed by atoms with E-state index in [1.807, 2.05) is 6.92 Å². The van der Waals surface area contributed by atoms with Crippen LogP contribution in [0, 0.1) is 13.8 Å². The van der Waals surface area contributed by atoms with E-state index in [4.69, 9.17) is 4.74 Å². The molecule has 1 N–H and O–H groups in total. The summed E-state index contributed by atoms with van der Waals surface area (Å²) in [5.74, 6) is -0.325. The van der Waals surface area contributed by atoms with Gasteiger partial charge in [0.15, 0.2) is 5.65 Å². The molecule has 3 aromatic rings. The zero-order valence-electron chi connectivity index (χ0n) is 13.7. The Kier molecular flexibility index (Phi) is 3.75. The number of ether oxygens (including phenoxy) is 1. The number of aromatic nitrogens is 4. The third-order valence-corrected chi connectivity index (χ3v) is 4.70. The molecular weight excluding hydrogens is 312 g/mol. The van der Waals surface area contributed by atoms with Gasteiger partial charge in [-0.1, -0.05) is 23.4 Å². The number of nitrogens with one attached hydrogen (secondary N) is 1. The summed E-state index contributed by atoms with van der Waals surface area (Å²) in [6, 6.07) is 4.18. The summed E-state index contributed by atoms with van der Waals surface area (Å²) in [7, 11) is 1.37. The fourth-order valence-electron chi connectivity index (χ4n) is 2.58. The van der Waals surface area contributed by atoms with Crippen LogP contribution in [-0.4, -0.2) is 38.0 Å². The molecule has 0 radical (unpaired) electrons. The molecule has 23 heavy (non-hydrogen) atoms. The first-order valence-electron chi connectivity index (χ1n) is 7.22. The van der Waals surface area contributed by atoms with Crippen LogP contribution in [0.25, 0.3) is 22.1 Å². The quantitative estimate of drug-likeness (QED) is 0.587. The molecule has 2 heterocycles. The molecule has 0 aliphatic carbocycles. The summed E-state index contributed by atoms with van der Waals surface area (Å²) >= 11 is 1.23. The zero-order valence-corrected chi connectivity index (χ0v) is 14.5.